The predicted molar refractivity (Wildman–Crippen MR) is 93.2 cm³/mol. The molecule has 7 heteroatoms. The van der Waals surface area contributed by atoms with Gasteiger partial charge >= 0.3 is 0 Å². The Hall–Kier alpha value is -2.67. The fourth-order valence-corrected chi connectivity index (χ4v) is 4.06. The minimum Gasteiger partial charge on any atom is -0.360 e. The van der Waals surface area contributed by atoms with E-state index in [4.69, 9.17) is 0 Å². The van der Waals surface area contributed by atoms with Crippen molar-refractivity contribution in [3.8, 4) is 0 Å². The first kappa shape index (κ1) is 14.9. The average molecular weight is 340 g/mol. The van der Waals surface area contributed by atoms with Crippen LogP contribution in [0.5, 0.6) is 0 Å². The van der Waals surface area contributed by atoms with Gasteiger partial charge in [0.2, 0.25) is 5.91 Å². The number of carbonyl (C=O) groups excluding carboxylic acids is 2. The van der Waals surface area contributed by atoms with E-state index in [1.807, 2.05) is 29.2 Å². The monoisotopic (exact) mass is 340 g/mol. The van der Waals surface area contributed by atoms with Crippen LogP contribution in [-0.4, -0.2) is 33.2 Å². The number of thiazole rings is 1. The number of para-hydroxylation sites is 1. The molecular weight excluding hydrogens is 324 g/mol. The fraction of sp³-hybridized carbons (Fsp3) is 0.235. The lowest BCUT2D eigenvalue weighted by Crippen LogP contribution is -2.35. The number of aromatic nitrogens is 2. The van der Waals surface area contributed by atoms with Crippen LogP contribution in [0, 0.1) is 0 Å². The van der Waals surface area contributed by atoms with Crippen molar-refractivity contribution in [1.82, 2.24) is 14.9 Å². The molecule has 0 aliphatic carbocycles. The van der Waals surface area contributed by atoms with Crippen LogP contribution >= 0.6 is 11.3 Å². The molecule has 0 unspecified atom stereocenters. The SMILES string of the molecule is CC(=O)Nc1nc2c(s1)CN(C(=O)c1c[nH]c3ccccc13)CC2. The first-order valence-electron chi connectivity index (χ1n) is 7.73. The van der Waals surface area contributed by atoms with E-state index in [0.717, 1.165) is 21.5 Å². The maximum atomic E-state index is 12.9. The van der Waals surface area contributed by atoms with Gasteiger partial charge < -0.3 is 15.2 Å². The summed E-state index contributed by atoms with van der Waals surface area (Å²) in [6, 6.07) is 7.80. The molecule has 0 atom stereocenters. The summed E-state index contributed by atoms with van der Waals surface area (Å²) in [5.74, 6) is -0.111. The number of benzene rings is 1. The van der Waals surface area contributed by atoms with E-state index in [9.17, 15) is 9.59 Å². The molecule has 24 heavy (non-hydrogen) atoms. The highest BCUT2D eigenvalue weighted by Gasteiger charge is 2.26. The molecule has 2 N–H and O–H groups in total. The number of nitrogens with one attached hydrogen (secondary N) is 2. The standard InChI is InChI=1S/C17H16N4O2S/c1-10(22)19-17-20-14-6-7-21(9-15(14)24-17)16(23)12-8-18-13-5-3-2-4-11(12)13/h2-5,8,18H,6-7,9H2,1H3,(H,19,20,22). The Morgan fingerprint density at radius 2 is 2.17 bits per heavy atom. The second kappa shape index (κ2) is 5.76. The maximum absolute atomic E-state index is 12.9. The Bertz CT molecular complexity index is 943. The molecule has 0 fully saturated rings. The number of amides is 2. The number of carbonyl (C=O) groups is 2. The normalized spacial score (nSPS) is 13.8. The minimum absolute atomic E-state index is 0.0209. The van der Waals surface area contributed by atoms with Gasteiger partial charge in [0.15, 0.2) is 5.13 Å². The van der Waals surface area contributed by atoms with E-state index in [0.29, 0.717) is 30.2 Å². The lowest BCUT2D eigenvalue weighted by atomic mass is 10.1. The van der Waals surface area contributed by atoms with Crippen LogP contribution in [-0.2, 0) is 17.8 Å². The Morgan fingerprint density at radius 1 is 1.33 bits per heavy atom. The molecule has 0 saturated carbocycles. The van der Waals surface area contributed by atoms with Crippen molar-refractivity contribution in [1.29, 1.82) is 0 Å². The Kier molecular flexibility index (Phi) is 3.57. The van der Waals surface area contributed by atoms with Crippen LogP contribution in [0.15, 0.2) is 30.5 Å². The molecule has 0 bridgehead atoms. The number of fused-ring (bicyclic) bond motifs is 2. The molecule has 4 rings (SSSR count). The molecule has 1 aliphatic heterocycles. The van der Waals surface area contributed by atoms with Gasteiger partial charge in [-0.05, 0) is 6.07 Å². The van der Waals surface area contributed by atoms with Crippen LogP contribution in [0.2, 0.25) is 0 Å². The van der Waals surface area contributed by atoms with Crippen molar-refractivity contribution >= 4 is 39.2 Å². The summed E-state index contributed by atoms with van der Waals surface area (Å²) < 4.78 is 0. The molecule has 1 aromatic carbocycles. The highest BCUT2D eigenvalue weighted by molar-refractivity contribution is 7.15. The second-order valence-electron chi connectivity index (χ2n) is 5.79. The lowest BCUT2D eigenvalue weighted by Gasteiger charge is -2.25. The molecule has 3 aromatic rings. The molecule has 2 aromatic heterocycles. The van der Waals surface area contributed by atoms with Crippen LogP contribution < -0.4 is 5.32 Å². The number of rotatable bonds is 2. The van der Waals surface area contributed by atoms with Gasteiger partial charge in [-0.1, -0.05) is 29.5 Å². The van der Waals surface area contributed by atoms with E-state index in [2.05, 4.69) is 15.3 Å². The fourth-order valence-electron chi connectivity index (χ4n) is 2.99. The second-order valence-corrected chi connectivity index (χ2v) is 6.88. The number of hydrogen-bond donors (Lipinski definition) is 2. The van der Waals surface area contributed by atoms with Crippen LogP contribution in [0.1, 0.15) is 27.9 Å². The first-order valence-corrected chi connectivity index (χ1v) is 8.55. The number of H-pyrrole nitrogens is 1. The van der Waals surface area contributed by atoms with Crippen LogP contribution in [0.3, 0.4) is 0 Å². The number of anilines is 1. The van der Waals surface area contributed by atoms with Crippen molar-refractivity contribution in [3.63, 3.8) is 0 Å². The molecule has 2 amide bonds. The third-order valence-electron chi connectivity index (χ3n) is 4.12. The summed E-state index contributed by atoms with van der Waals surface area (Å²) in [6.07, 6.45) is 2.48. The summed E-state index contributed by atoms with van der Waals surface area (Å²) in [5, 5.41) is 4.26. The largest absolute Gasteiger partial charge is 0.360 e. The van der Waals surface area contributed by atoms with Crippen molar-refractivity contribution in [3.05, 3.63) is 46.6 Å². The number of hydrogen-bond acceptors (Lipinski definition) is 4. The van der Waals surface area contributed by atoms with Gasteiger partial charge in [-0.2, -0.15) is 0 Å². The number of aromatic amines is 1. The van der Waals surface area contributed by atoms with Gasteiger partial charge in [0.25, 0.3) is 5.91 Å². The highest BCUT2D eigenvalue weighted by Crippen LogP contribution is 2.30. The maximum Gasteiger partial charge on any atom is 0.256 e. The zero-order valence-electron chi connectivity index (χ0n) is 13.1. The molecule has 1 aliphatic rings. The van der Waals surface area contributed by atoms with Gasteiger partial charge in [0.05, 0.1) is 17.8 Å². The smallest absolute Gasteiger partial charge is 0.256 e. The van der Waals surface area contributed by atoms with Gasteiger partial charge in [-0.25, -0.2) is 4.98 Å². The molecule has 0 saturated heterocycles. The van der Waals surface area contributed by atoms with Gasteiger partial charge in [0, 0.05) is 41.9 Å². The zero-order chi connectivity index (χ0) is 16.7. The van der Waals surface area contributed by atoms with E-state index in [1.54, 1.807) is 6.20 Å². The molecule has 122 valence electrons. The molecule has 6 nitrogen and oxygen atoms in total. The van der Waals surface area contributed by atoms with Crippen LogP contribution in [0.25, 0.3) is 10.9 Å². The van der Waals surface area contributed by atoms with Gasteiger partial charge in [0.1, 0.15) is 0 Å². The topological polar surface area (TPSA) is 78.1 Å². The molecule has 3 heterocycles. The molecule has 0 radical (unpaired) electrons. The third-order valence-corrected chi connectivity index (χ3v) is 5.12. The van der Waals surface area contributed by atoms with Crippen LogP contribution in [0.4, 0.5) is 5.13 Å². The summed E-state index contributed by atoms with van der Waals surface area (Å²) in [5.41, 5.74) is 2.64. The summed E-state index contributed by atoms with van der Waals surface area (Å²) in [6.45, 7) is 2.63. The van der Waals surface area contributed by atoms with Crippen molar-refractivity contribution in [2.75, 3.05) is 11.9 Å². The van der Waals surface area contributed by atoms with Gasteiger partial charge in [-0.3, -0.25) is 9.59 Å². The average Bonchev–Trinajstić information content (AvgIpc) is 3.16. The lowest BCUT2D eigenvalue weighted by molar-refractivity contribution is -0.114. The summed E-state index contributed by atoms with van der Waals surface area (Å²) >= 11 is 1.44. The van der Waals surface area contributed by atoms with E-state index >= 15 is 0 Å². The Labute approximate surface area is 142 Å². The Balaban J connectivity index is 1.59. The van der Waals surface area contributed by atoms with E-state index in [-0.39, 0.29) is 11.8 Å². The third kappa shape index (κ3) is 2.56. The van der Waals surface area contributed by atoms with Crippen molar-refractivity contribution < 1.29 is 9.59 Å². The first-order chi connectivity index (χ1) is 11.6. The molecule has 0 spiro atoms. The summed E-state index contributed by atoms with van der Waals surface area (Å²) in [4.78, 5) is 34.5. The van der Waals surface area contributed by atoms with Gasteiger partial charge in [-0.15, -0.1) is 0 Å². The minimum atomic E-state index is -0.132. The van der Waals surface area contributed by atoms with Crippen molar-refractivity contribution in [2.24, 2.45) is 0 Å². The summed E-state index contributed by atoms with van der Waals surface area (Å²) in [7, 11) is 0. The quantitative estimate of drug-likeness (QED) is 0.753. The zero-order valence-corrected chi connectivity index (χ0v) is 13.9. The van der Waals surface area contributed by atoms with Crippen molar-refractivity contribution in [2.45, 2.75) is 19.9 Å². The number of nitrogens with zero attached hydrogens (tertiary/aromatic N) is 2. The predicted octanol–water partition coefficient (Wildman–Crippen LogP) is 2.78. The highest BCUT2D eigenvalue weighted by atomic mass is 32.1. The molecular formula is C17H16N4O2S. The van der Waals surface area contributed by atoms with E-state index in [1.165, 1.54) is 18.3 Å². The van der Waals surface area contributed by atoms with E-state index < -0.39 is 0 Å². The Morgan fingerprint density at radius 3 is 3.00 bits per heavy atom.